The highest BCUT2D eigenvalue weighted by Crippen LogP contribution is 2.28. The van der Waals surface area contributed by atoms with Crippen LogP contribution >= 0.6 is 23.2 Å². The number of carbonyl (C=O) groups is 1. The van der Waals surface area contributed by atoms with Crippen LogP contribution in [0.3, 0.4) is 0 Å². The number of rotatable bonds is 6. The molecule has 0 saturated carbocycles. The molecule has 0 bridgehead atoms. The van der Waals surface area contributed by atoms with Crippen molar-refractivity contribution in [3.63, 3.8) is 0 Å². The van der Waals surface area contributed by atoms with Gasteiger partial charge in [-0.15, -0.1) is 0 Å². The van der Waals surface area contributed by atoms with Crippen molar-refractivity contribution in [3.8, 4) is 5.75 Å². The lowest BCUT2D eigenvalue weighted by Crippen LogP contribution is -2.23. The van der Waals surface area contributed by atoms with Crippen LogP contribution in [-0.4, -0.2) is 15.7 Å². The molecule has 1 aromatic carbocycles. The van der Waals surface area contributed by atoms with Crippen molar-refractivity contribution in [3.05, 3.63) is 69.4 Å². The predicted octanol–water partition coefficient (Wildman–Crippen LogP) is 4.14. The first-order valence-corrected chi connectivity index (χ1v) is 8.62. The van der Waals surface area contributed by atoms with Gasteiger partial charge < -0.3 is 14.5 Å². The fourth-order valence-electron chi connectivity index (χ4n) is 2.41. The van der Waals surface area contributed by atoms with Crippen molar-refractivity contribution in [2.45, 2.75) is 20.1 Å². The first-order valence-electron chi connectivity index (χ1n) is 7.86. The first kappa shape index (κ1) is 18.4. The van der Waals surface area contributed by atoms with Crippen molar-refractivity contribution in [2.75, 3.05) is 0 Å². The van der Waals surface area contributed by atoms with Crippen LogP contribution in [0.4, 0.5) is 0 Å². The summed E-state index contributed by atoms with van der Waals surface area (Å²) in [4.78, 5) is 12.2. The number of hydrogen-bond donors (Lipinski definition) is 1. The van der Waals surface area contributed by atoms with Gasteiger partial charge in [0.25, 0.3) is 5.91 Å². The summed E-state index contributed by atoms with van der Waals surface area (Å²) in [6.45, 7) is 2.41. The van der Waals surface area contributed by atoms with Crippen LogP contribution in [0.1, 0.15) is 27.7 Å². The lowest BCUT2D eigenvalue weighted by Gasteiger charge is -2.06. The van der Waals surface area contributed by atoms with Crippen LogP contribution < -0.4 is 10.1 Å². The summed E-state index contributed by atoms with van der Waals surface area (Å²) in [6.07, 6.45) is 0. The standard InChI is InChI=1S/C18H17Cl2N3O3/c1-11-7-13(23(2)22-11)9-21-18(24)17-6-4-14(26-17)10-25-16-5-3-12(19)8-15(16)20/h3-8H,9-10H2,1-2H3,(H,21,24). The third-order valence-electron chi connectivity index (χ3n) is 3.68. The molecule has 1 N–H and O–H groups in total. The third-order valence-corrected chi connectivity index (χ3v) is 4.21. The van der Waals surface area contributed by atoms with Gasteiger partial charge in [0.05, 0.1) is 23.0 Å². The SMILES string of the molecule is Cc1cc(CNC(=O)c2ccc(COc3ccc(Cl)cc3Cl)o2)n(C)n1. The number of furan rings is 1. The molecule has 1 amide bonds. The molecule has 3 rings (SSSR count). The van der Waals surface area contributed by atoms with Crippen LogP contribution in [0.2, 0.25) is 10.0 Å². The molecule has 3 aromatic rings. The van der Waals surface area contributed by atoms with Crippen molar-refractivity contribution in [1.29, 1.82) is 0 Å². The second-order valence-corrected chi connectivity index (χ2v) is 6.56. The Labute approximate surface area is 160 Å². The maximum absolute atomic E-state index is 12.2. The van der Waals surface area contributed by atoms with E-state index in [1.54, 1.807) is 35.0 Å². The van der Waals surface area contributed by atoms with E-state index in [2.05, 4.69) is 10.4 Å². The van der Waals surface area contributed by atoms with E-state index in [9.17, 15) is 4.79 Å². The molecule has 0 aliphatic heterocycles. The van der Waals surface area contributed by atoms with Crippen molar-refractivity contribution in [1.82, 2.24) is 15.1 Å². The second kappa shape index (κ2) is 7.85. The summed E-state index contributed by atoms with van der Waals surface area (Å²) in [5.41, 5.74) is 1.80. The van der Waals surface area contributed by atoms with Gasteiger partial charge in [-0.05, 0) is 43.3 Å². The zero-order chi connectivity index (χ0) is 18.7. The predicted molar refractivity (Wildman–Crippen MR) is 98.6 cm³/mol. The lowest BCUT2D eigenvalue weighted by molar-refractivity contribution is 0.0918. The zero-order valence-corrected chi connectivity index (χ0v) is 15.8. The maximum atomic E-state index is 12.2. The maximum Gasteiger partial charge on any atom is 0.287 e. The molecule has 2 heterocycles. The Morgan fingerprint density at radius 2 is 2.08 bits per heavy atom. The van der Waals surface area contributed by atoms with E-state index in [4.69, 9.17) is 32.4 Å². The van der Waals surface area contributed by atoms with E-state index in [0.717, 1.165) is 11.4 Å². The fraction of sp³-hybridized carbons (Fsp3) is 0.222. The van der Waals surface area contributed by atoms with Gasteiger partial charge >= 0.3 is 0 Å². The highest BCUT2D eigenvalue weighted by molar-refractivity contribution is 6.35. The Morgan fingerprint density at radius 3 is 2.77 bits per heavy atom. The van der Waals surface area contributed by atoms with E-state index in [1.807, 2.05) is 20.0 Å². The molecule has 6 nitrogen and oxygen atoms in total. The number of halogens is 2. The Bertz CT molecular complexity index is 934. The molecule has 2 aromatic heterocycles. The minimum Gasteiger partial charge on any atom is -0.484 e. The van der Waals surface area contributed by atoms with Gasteiger partial charge in [0.1, 0.15) is 18.1 Å². The molecular formula is C18H17Cl2N3O3. The molecule has 0 unspecified atom stereocenters. The summed E-state index contributed by atoms with van der Waals surface area (Å²) >= 11 is 11.9. The average molecular weight is 394 g/mol. The minimum absolute atomic E-state index is 0.148. The van der Waals surface area contributed by atoms with E-state index < -0.39 is 0 Å². The van der Waals surface area contributed by atoms with Crippen LogP contribution in [0, 0.1) is 6.92 Å². The number of amides is 1. The molecule has 0 aliphatic rings. The number of nitrogens with one attached hydrogen (secondary N) is 1. The molecule has 0 atom stereocenters. The summed E-state index contributed by atoms with van der Waals surface area (Å²) in [7, 11) is 1.83. The molecule has 0 aliphatic carbocycles. The van der Waals surface area contributed by atoms with Gasteiger partial charge in [-0.2, -0.15) is 5.10 Å². The topological polar surface area (TPSA) is 69.3 Å². The zero-order valence-electron chi connectivity index (χ0n) is 14.3. The minimum atomic E-state index is -0.306. The number of aryl methyl sites for hydroxylation is 2. The smallest absolute Gasteiger partial charge is 0.287 e. The van der Waals surface area contributed by atoms with Crippen molar-refractivity contribution < 1.29 is 13.9 Å². The molecule has 0 spiro atoms. The summed E-state index contributed by atoms with van der Waals surface area (Å²) in [5.74, 6) is 0.909. The van der Waals surface area contributed by atoms with Gasteiger partial charge in [0.2, 0.25) is 0 Å². The van der Waals surface area contributed by atoms with E-state index in [-0.39, 0.29) is 18.3 Å². The Hall–Kier alpha value is -2.44. The number of aromatic nitrogens is 2. The number of nitrogens with zero attached hydrogens (tertiary/aromatic N) is 2. The van der Waals surface area contributed by atoms with E-state index in [0.29, 0.717) is 28.1 Å². The molecule has 8 heteroatoms. The number of benzene rings is 1. The molecular weight excluding hydrogens is 377 g/mol. The van der Waals surface area contributed by atoms with E-state index >= 15 is 0 Å². The Balaban J connectivity index is 1.56. The second-order valence-electron chi connectivity index (χ2n) is 5.71. The highest BCUT2D eigenvalue weighted by Gasteiger charge is 2.13. The number of ether oxygens (including phenoxy) is 1. The van der Waals surface area contributed by atoms with Gasteiger partial charge in [-0.3, -0.25) is 9.48 Å². The monoisotopic (exact) mass is 393 g/mol. The number of hydrogen-bond acceptors (Lipinski definition) is 4. The Morgan fingerprint density at radius 1 is 1.27 bits per heavy atom. The molecule has 0 saturated heterocycles. The molecule has 136 valence electrons. The summed E-state index contributed by atoms with van der Waals surface area (Å²) in [5, 5.41) is 7.98. The van der Waals surface area contributed by atoms with Gasteiger partial charge in [-0.1, -0.05) is 23.2 Å². The summed E-state index contributed by atoms with van der Waals surface area (Å²) < 4.78 is 12.8. The highest BCUT2D eigenvalue weighted by atomic mass is 35.5. The van der Waals surface area contributed by atoms with Crippen LogP contribution in [0.5, 0.6) is 5.75 Å². The fourth-order valence-corrected chi connectivity index (χ4v) is 2.87. The third kappa shape index (κ3) is 4.39. The van der Waals surface area contributed by atoms with Crippen LogP contribution in [0.15, 0.2) is 40.8 Å². The van der Waals surface area contributed by atoms with Crippen LogP contribution in [-0.2, 0) is 20.2 Å². The van der Waals surface area contributed by atoms with E-state index in [1.165, 1.54) is 0 Å². The quantitative estimate of drug-likeness (QED) is 0.683. The van der Waals surface area contributed by atoms with Crippen molar-refractivity contribution >= 4 is 29.1 Å². The molecule has 26 heavy (non-hydrogen) atoms. The van der Waals surface area contributed by atoms with Gasteiger partial charge in [0, 0.05) is 12.1 Å². The summed E-state index contributed by atoms with van der Waals surface area (Å²) in [6, 6.07) is 10.2. The largest absolute Gasteiger partial charge is 0.484 e. The van der Waals surface area contributed by atoms with Gasteiger partial charge in [0.15, 0.2) is 5.76 Å². The normalized spacial score (nSPS) is 10.8. The van der Waals surface area contributed by atoms with Crippen molar-refractivity contribution in [2.24, 2.45) is 7.05 Å². The average Bonchev–Trinajstić information content (AvgIpc) is 3.18. The molecule has 0 radical (unpaired) electrons. The molecule has 0 fully saturated rings. The van der Waals surface area contributed by atoms with Crippen LogP contribution in [0.25, 0.3) is 0 Å². The van der Waals surface area contributed by atoms with Gasteiger partial charge in [-0.25, -0.2) is 0 Å². The first-order chi connectivity index (χ1) is 12.4. The lowest BCUT2D eigenvalue weighted by atomic mass is 10.3. The number of carbonyl (C=O) groups excluding carboxylic acids is 1. The Kier molecular flexibility index (Phi) is 5.54.